The number of nitrogens with one attached hydrogen (secondary N) is 1. The number of carbonyl (C=O) groups is 3. The normalized spacial score (nSPS) is 9.83. The minimum absolute atomic E-state index is 0.268. The molecular formula is C10H11NO6S. The average molecular weight is 273 g/mol. The van der Waals surface area contributed by atoms with Crippen LogP contribution in [0.15, 0.2) is 11.4 Å². The Balaban J connectivity index is 2.52. The van der Waals surface area contributed by atoms with Crippen molar-refractivity contribution in [1.82, 2.24) is 0 Å². The van der Waals surface area contributed by atoms with E-state index in [9.17, 15) is 14.4 Å². The second-order valence-corrected chi connectivity index (χ2v) is 4.01. The van der Waals surface area contributed by atoms with E-state index in [1.54, 1.807) is 11.4 Å². The molecule has 0 aromatic carbocycles. The summed E-state index contributed by atoms with van der Waals surface area (Å²) in [6.45, 7) is -0.955. The molecule has 7 nitrogen and oxygen atoms in total. The fraction of sp³-hybridized carbons (Fsp3) is 0.300. The van der Waals surface area contributed by atoms with Crippen LogP contribution in [0.25, 0.3) is 0 Å². The van der Waals surface area contributed by atoms with E-state index in [1.807, 2.05) is 0 Å². The van der Waals surface area contributed by atoms with Crippen molar-refractivity contribution in [1.29, 1.82) is 0 Å². The lowest BCUT2D eigenvalue weighted by Gasteiger charge is -2.05. The van der Waals surface area contributed by atoms with E-state index in [2.05, 4.69) is 14.8 Å². The summed E-state index contributed by atoms with van der Waals surface area (Å²) in [5.74, 6) is -2.25. The Kier molecular flexibility index (Phi) is 5.28. The lowest BCUT2D eigenvalue weighted by atomic mass is 10.4. The standard InChI is InChI=1S/C10H11NO6S/c1-16-10(15)9-6(2-3-18-9)11-7(12)4-17-5-8(13)14/h2-3H,4-5H2,1H3,(H,11,12)(H,13,14). The molecule has 1 amide bonds. The molecule has 0 spiro atoms. The van der Waals surface area contributed by atoms with E-state index in [0.29, 0.717) is 5.69 Å². The highest BCUT2D eigenvalue weighted by atomic mass is 32.1. The van der Waals surface area contributed by atoms with Crippen LogP contribution in [0.3, 0.4) is 0 Å². The van der Waals surface area contributed by atoms with Gasteiger partial charge in [0.05, 0.1) is 12.8 Å². The molecule has 1 heterocycles. The largest absolute Gasteiger partial charge is 0.480 e. The molecule has 2 N–H and O–H groups in total. The predicted molar refractivity (Wildman–Crippen MR) is 62.7 cm³/mol. The van der Waals surface area contributed by atoms with Crippen LogP contribution in [0.5, 0.6) is 0 Å². The number of aliphatic carboxylic acids is 1. The van der Waals surface area contributed by atoms with Crippen LogP contribution in [-0.2, 0) is 19.1 Å². The molecule has 0 atom stereocenters. The Morgan fingerprint density at radius 3 is 2.72 bits per heavy atom. The van der Waals surface area contributed by atoms with Crippen molar-refractivity contribution in [3.63, 3.8) is 0 Å². The quantitative estimate of drug-likeness (QED) is 0.735. The number of methoxy groups -OCH3 is 1. The molecule has 98 valence electrons. The van der Waals surface area contributed by atoms with Crippen LogP contribution in [-0.4, -0.2) is 43.3 Å². The number of ether oxygens (including phenoxy) is 2. The highest BCUT2D eigenvalue weighted by Crippen LogP contribution is 2.22. The summed E-state index contributed by atoms with van der Waals surface area (Å²) in [7, 11) is 1.24. The van der Waals surface area contributed by atoms with E-state index < -0.39 is 31.1 Å². The number of amides is 1. The topological polar surface area (TPSA) is 102 Å². The number of carbonyl (C=O) groups excluding carboxylic acids is 2. The first-order valence-corrected chi connectivity index (χ1v) is 5.67. The van der Waals surface area contributed by atoms with Gasteiger partial charge in [-0.2, -0.15) is 0 Å². The van der Waals surface area contributed by atoms with Gasteiger partial charge in [-0.3, -0.25) is 4.79 Å². The molecule has 0 saturated heterocycles. The minimum Gasteiger partial charge on any atom is -0.480 e. The Hall–Kier alpha value is -1.93. The Bertz CT molecular complexity index is 455. The Labute approximate surface area is 106 Å². The van der Waals surface area contributed by atoms with Crippen LogP contribution >= 0.6 is 11.3 Å². The summed E-state index contributed by atoms with van der Waals surface area (Å²) in [4.78, 5) is 33.1. The molecular weight excluding hydrogens is 262 g/mol. The van der Waals surface area contributed by atoms with Gasteiger partial charge in [-0.1, -0.05) is 0 Å². The molecule has 18 heavy (non-hydrogen) atoms. The number of hydrogen-bond acceptors (Lipinski definition) is 6. The summed E-state index contributed by atoms with van der Waals surface area (Å²) in [6.07, 6.45) is 0. The first-order chi connectivity index (χ1) is 8.54. The lowest BCUT2D eigenvalue weighted by molar-refractivity contribution is -0.143. The zero-order valence-electron chi connectivity index (χ0n) is 9.47. The first kappa shape index (κ1) is 14.1. The Morgan fingerprint density at radius 2 is 2.11 bits per heavy atom. The monoisotopic (exact) mass is 273 g/mol. The van der Waals surface area contributed by atoms with Crippen LogP contribution in [0.4, 0.5) is 5.69 Å². The van der Waals surface area contributed by atoms with Gasteiger partial charge in [-0.15, -0.1) is 11.3 Å². The molecule has 0 unspecified atom stereocenters. The molecule has 1 rings (SSSR count). The fourth-order valence-corrected chi connectivity index (χ4v) is 1.84. The summed E-state index contributed by atoms with van der Waals surface area (Å²) >= 11 is 1.13. The van der Waals surface area contributed by atoms with Crippen LogP contribution in [0.2, 0.25) is 0 Å². The van der Waals surface area contributed by atoms with E-state index in [0.717, 1.165) is 11.3 Å². The van der Waals surface area contributed by atoms with Gasteiger partial charge in [0.2, 0.25) is 5.91 Å². The van der Waals surface area contributed by atoms with E-state index >= 15 is 0 Å². The van der Waals surface area contributed by atoms with Crippen molar-refractivity contribution in [3.8, 4) is 0 Å². The van der Waals surface area contributed by atoms with Crippen LogP contribution < -0.4 is 5.32 Å². The molecule has 0 saturated carbocycles. The maximum Gasteiger partial charge on any atom is 0.350 e. The number of rotatable bonds is 6. The van der Waals surface area contributed by atoms with Crippen molar-refractivity contribution in [2.75, 3.05) is 25.6 Å². The number of esters is 1. The van der Waals surface area contributed by atoms with Gasteiger partial charge >= 0.3 is 11.9 Å². The van der Waals surface area contributed by atoms with Gasteiger partial charge in [-0.25, -0.2) is 9.59 Å². The van der Waals surface area contributed by atoms with Crippen molar-refractivity contribution >= 4 is 34.9 Å². The second kappa shape index (κ2) is 6.72. The molecule has 8 heteroatoms. The average Bonchev–Trinajstić information content (AvgIpc) is 2.75. The smallest absolute Gasteiger partial charge is 0.350 e. The summed E-state index contributed by atoms with van der Waals surface area (Å²) in [6, 6.07) is 1.55. The van der Waals surface area contributed by atoms with Crippen molar-refractivity contribution < 1.29 is 29.0 Å². The number of carboxylic acid groups (broad SMARTS) is 1. The van der Waals surface area contributed by atoms with Gasteiger partial charge in [0, 0.05) is 0 Å². The SMILES string of the molecule is COC(=O)c1sccc1NC(=O)COCC(=O)O. The number of anilines is 1. The highest BCUT2D eigenvalue weighted by molar-refractivity contribution is 7.12. The summed E-state index contributed by atoms with van der Waals surface area (Å²) < 4.78 is 9.15. The third kappa shape index (κ3) is 4.15. The summed E-state index contributed by atoms with van der Waals surface area (Å²) in [5, 5.41) is 12.4. The molecule has 1 aromatic heterocycles. The maximum absolute atomic E-state index is 11.4. The van der Waals surface area contributed by atoms with Crippen molar-refractivity contribution in [2.45, 2.75) is 0 Å². The summed E-state index contributed by atoms with van der Waals surface area (Å²) in [5.41, 5.74) is 0.316. The molecule has 0 bridgehead atoms. The van der Waals surface area contributed by atoms with E-state index in [-0.39, 0.29) is 4.88 Å². The molecule has 0 aliphatic heterocycles. The van der Waals surface area contributed by atoms with Crippen molar-refractivity contribution in [2.24, 2.45) is 0 Å². The first-order valence-electron chi connectivity index (χ1n) is 4.79. The predicted octanol–water partition coefficient (Wildman–Crippen LogP) is 0.574. The van der Waals surface area contributed by atoms with E-state index in [1.165, 1.54) is 7.11 Å². The fourth-order valence-electron chi connectivity index (χ4n) is 1.08. The van der Waals surface area contributed by atoms with Crippen LogP contribution in [0, 0.1) is 0 Å². The minimum atomic E-state index is -1.16. The third-order valence-corrected chi connectivity index (χ3v) is 2.66. The van der Waals surface area contributed by atoms with Crippen LogP contribution in [0.1, 0.15) is 9.67 Å². The van der Waals surface area contributed by atoms with E-state index in [4.69, 9.17) is 5.11 Å². The molecule has 0 aliphatic carbocycles. The number of carboxylic acids is 1. The zero-order valence-corrected chi connectivity index (χ0v) is 10.3. The molecule has 0 radical (unpaired) electrons. The van der Waals surface area contributed by atoms with Gasteiger partial charge in [-0.05, 0) is 11.4 Å². The number of thiophene rings is 1. The lowest BCUT2D eigenvalue weighted by Crippen LogP contribution is -2.21. The van der Waals surface area contributed by atoms with Gasteiger partial charge < -0.3 is 19.9 Å². The zero-order chi connectivity index (χ0) is 13.5. The number of hydrogen-bond donors (Lipinski definition) is 2. The van der Waals surface area contributed by atoms with Crippen molar-refractivity contribution in [3.05, 3.63) is 16.3 Å². The third-order valence-electron chi connectivity index (χ3n) is 1.77. The van der Waals surface area contributed by atoms with Gasteiger partial charge in [0.1, 0.15) is 18.1 Å². The van der Waals surface area contributed by atoms with Gasteiger partial charge in [0.25, 0.3) is 0 Å². The molecule has 0 fully saturated rings. The highest BCUT2D eigenvalue weighted by Gasteiger charge is 2.15. The maximum atomic E-state index is 11.4. The second-order valence-electron chi connectivity index (χ2n) is 3.09. The Morgan fingerprint density at radius 1 is 1.39 bits per heavy atom. The molecule has 1 aromatic rings. The molecule has 0 aliphatic rings. The van der Waals surface area contributed by atoms with Gasteiger partial charge in [0.15, 0.2) is 0 Å².